The zero-order valence-corrected chi connectivity index (χ0v) is 12.3. The van der Waals surface area contributed by atoms with Crippen LogP contribution in [0.1, 0.15) is 23.1 Å². The fraction of sp³-hybridized carbons (Fsp3) is 0.235. The molecule has 2 aromatic rings. The zero-order valence-electron chi connectivity index (χ0n) is 11.5. The van der Waals surface area contributed by atoms with Gasteiger partial charge in [0.1, 0.15) is 0 Å². The molecular formula is C17H18ClNO. The van der Waals surface area contributed by atoms with Crippen LogP contribution in [0.2, 0.25) is 5.02 Å². The molecule has 0 heterocycles. The lowest BCUT2D eigenvalue weighted by atomic mass is 10.1. The van der Waals surface area contributed by atoms with Gasteiger partial charge in [-0.2, -0.15) is 0 Å². The first-order chi connectivity index (χ1) is 9.65. The zero-order chi connectivity index (χ0) is 14.4. The van der Waals surface area contributed by atoms with E-state index in [1.807, 2.05) is 49.4 Å². The van der Waals surface area contributed by atoms with Crippen LogP contribution in [0.15, 0.2) is 48.5 Å². The Morgan fingerprint density at radius 3 is 2.70 bits per heavy atom. The first-order valence-electron chi connectivity index (χ1n) is 6.71. The topological polar surface area (TPSA) is 29.1 Å². The van der Waals surface area contributed by atoms with Crippen molar-refractivity contribution in [1.29, 1.82) is 0 Å². The van der Waals surface area contributed by atoms with Crippen molar-refractivity contribution in [2.45, 2.75) is 26.3 Å². The molecule has 3 heteroatoms. The molecular weight excluding hydrogens is 270 g/mol. The van der Waals surface area contributed by atoms with Gasteiger partial charge in [-0.15, -0.1) is 0 Å². The minimum Gasteiger partial charge on any atom is -0.352 e. The third-order valence-electron chi connectivity index (χ3n) is 3.15. The summed E-state index contributed by atoms with van der Waals surface area (Å²) in [4.78, 5) is 11.8. The van der Waals surface area contributed by atoms with Gasteiger partial charge in [0.2, 0.25) is 5.91 Å². The Labute approximate surface area is 124 Å². The van der Waals surface area contributed by atoms with Gasteiger partial charge in [0, 0.05) is 18.0 Å². The fourth-order valence-corrected chi connectivity index (χ4v) is 2.29. The van der Waals surface area contributed by atoms with Crippen LogP contribution in [0.5, 0.6) is 0 Å². The van der Waals surface area contributed by atoms with Crippen LogP contribution in [-0.2, 0) is 17.8 Å². The maximum absolute atomic E-state index is 11.8. The van der Waals surface area contributed by atoms with E-state index in [2.05, 4.69) is 11.4 Å². The summed E-state index contributed by atoms with van der Waals surface area (Å²) in [5.74, 6) is 0.0476. The van der Waals surface area contributed by atoms with Crippen LogP contribution in [0.3, 0.4) is 0 Å². The monoisotopic (exact) mass is 287 g/mol. The number of carbonyl (C=O) groups is 1. The molecule has 1 amide bonds. The lowest BCUT2D eigenvalue weighted by molar-refractivity contribution is -0.121. The van der Waals surface area contributed by atoms with Crippen molar-refractivity contribution in [3.05, 3.63) is 70.2 Å². The van der Waals surface area contributed by atoms with E-state index >= 15 is 0 Å². The highest BCUT2D eigenvalue weighted by atomic mass is 35.5. The molecule has 0 spiro atoms. The summed E-state index contributed by atoms with van der Waals surface area (Å²) in [6.07, 6.45) is 1.12. The Hall–Kier alpha value is -1.80. The average molecular weight is 288 g/mol. The normalized spacial score (nSPS) is 10.3. The lowest BCUT2D eigenvalue weighted by Gasteiger charge is -2.07. The van der Waals surface area contributed by atoms with Gasteiger partial charge in [0.25, 0.3) is 0 Å². The predicted octanol–water partition coefficient (Wildman–Crippen LogP) is 3.90. The standard InChI is InChI=1S/C17H18ClNO/c1-13-5-4-6-14(11-13)12-19-17(20)10-9-15-7-2-3-8-16(15)18/h2-8,11H,9-10,12H2,1H3,(H,19,20). The van der Waals surface area contributed by atoms with Crippen molar-refractivity contribution in [1.82, 2.24) is 5.32 Å². The third-order valence-corrected chi connectivity index (χ3v) is 3.52. The van der Waals surface area contributed by atoms with Gasteiger partial charge in [-0.05, 0) is 30.5 Å². The summed E-state index contributed by atoms with van der Waals surface area (Å²) in [6, 6.07) is 15.8. The second kappa shape index (κ2) is 7.11. The van der Waals surface area contributed by atoms with E-state index in [0.29, 0.717) is 19.4 Å². The molecule has 2 rings (SSSR count). The van der Waals surface area contributed by atoms with E-state index in [-0.39, 0.29) is 5.91 Å². The molecule has 2 nitrogen and oxygen atoms in total. The van der Waals surface area contributed by atoms with E-state index in [9.17, 15) is 4.79 Å². The molecule has 0 atom stereocenters. The SMILES string of the molecule is Cc1cccc(CNC(=O)CCc2ccccc2Cl)c1. The van der Waals surface area contributed by atoms with Crippen molar-refractivity contribution in [3.8, 4) is 0 Å². The molecule has 1 N–H and O–H groups in total. The van der Waals surface area contributed by atoms with Gasteiger partial charge in [0.15, 0.2) is 0 Å². The number of hydrogen-bond acceptors (Lipinski definition) is 1. The number of aryl methyl sites for hydroxylation is 2. The average Bonchev–Trinajstić information content (AvgIpc) is 2.44. The Morgan fingerprint density at radius 2 is 1.95 bits per heavy atom. The predicted molar refractivity (Wildman–Crippen MR) is 82.8 cm³/mol. The summed E-state index contributed by atoms with van der Waals surface area (Å²) in [7, 11) is 0. The van der Waals surface area contributed by atoms with Crippen molar-refractivity contribution in [3.63, 3.8) is 0 Å². The van der Waals surface area contributed by atoms with E-state index in [1.165, 1.54) is 5.56 Å². The molecule has 0 unspecified atom stereocenters. The number of hydrogen-bond donors (Lipinski definition) is 1. The highest BCUT2D eigenvalue weighted by molar-refractivity contribution is 6.31. The van der Waals surface area contributed by atoms with E-state index in [4.69, 9.17) is 11.6 Å². The molecule has 0 aromatic heterocycles. The Balaban J connectivity index is 1.80. The quantitative estimate of drug-likeness (QED) is 0.888. The summed E-state index contributed by atoms with van der Waals surface area (Å²) in [5.41, 5.74) is 3.34. The highest BCUT2D eigenvalue weighted by Gasteiger charge is 2.04. The smallest absolute Gasteiger partial charge is 0.220 e. The number of benzene rings is 2. The van der Waals surface area contributed by atoms with Crippen LogP contribution in [0.25, 0.3) is 0 Å². The minimum atomic E-state index is 0.0476. The van der Waals surface area contributed by atoms with Gasteiger partial charge in [-0.25, -0.2) is 0 Å². The molecule has 20 heavy (non-hydrogen) atoms. The van der Waals surface area contributed by atoms with Crippen LogP contribution in [0.4, 0.5) is 0 Å². The van der Waals surface area contributed by atoms with Crippen LogP contribution in [0, 0.1) is 6.92 Å². The van der Waals surface area contributed by atoms with Crippen molar-refractivity contribution < 1.29 is 4.79 Å². The summed E-state index contributed by atoms with van der Waals surface area (Å²) in [6.45, 7) is 2.62. The third kappa shape index (κ3) is 4.39. The van der Waals surface area contributed by atoms with Crippen LogP contribution >= 0.6 is 11.6 Å². The molecule has 0 fully saturated rings. The molecule has 104 valence electrons. The highest BCUT2D eigenvalue weighted by Crippen LogP contribution is 2.16. The molecule has 0 aliphatic heterocycles. The first-order valence-corrected chi connectivity index (χ1v) is 7.08. The van der Waals surface area contributed by atoms with Gasteiger partial charge in [0.05, 0.1) is 0 Å². The summed E-state index contributed by atoms with van der Waals surface area (Å²) >= 11 is 6.07. The van der Waals surface area contributed by atoms with Crippen molar-refractivity contribution in [2.75, 3.05) is 0 Å². The van der Waals surface area contributed by atoms with Gasteiger partial charge in [-0.3, -0.25) is 4.79 Å². The number of amides is 1. The molecule has 0 aliphatic carbocycles. The summed E-state index contributed by atoms with van der Waals surface area (Å²) < 4.78 is 0. The maximum atomic E-state index is 11.8. The van der Waals surface area contributed by atoms with Crippen LogP contribution < -0.4 is 5.32 Å². The molecule has 0 bridgehead atoms. The minimum absolute atomic E-state index is 0.0476. The van der Waals surface area contributed by atoms with Gasteiger partial charge in [-0.1, -0.05) is 59.6 Å². The van der Waals surface area contributed by atoms with Crippen molar-refractivity contribution in [2.24, 2.45) is 0 Å². The molecule has 2 aromatic carbocycles. The second-order valence-electron chi connectivity index (χ2n) is 4.86. The van der Waals surface area contributed by atoms with Gasteiger partial charge < -0.3 is 5.32 Å². The number of carbonyl (C=O) groups excluding carboxylic acids is 1. The van der Waals surface area contributed by atoms with E-state index in [1.54, 1.807) is 0 Å². The number of nitrogens with one attached hydrogen (secondary N) is 1. The second-order valence-corrected chi connectivity index (χ2v) is 5.26. The first kappa shape index (κ1) is 14.6. The largest absolute Gasteiger partial charge is 0.352 e. The number of rotatable bonds is 5. The van der Waals surface area contributed by atoms with E-state index in [0.717, 1.165) is 16.1 Å². The Bertz CT molecular complexity index is 595. The maximum Gasteiger partial charge on any atom is 0.220 e. The Kier molecular flexibility index (Phi) is 5.19. The lowest BCUT2D eigenvalue weighted by Crippen LogP contribution is -2.23. The van der Waals surface area contributed by atoms with Crippen LogP contribution in [-0.4, -0.2) is 5.91 Å². The van der Waals surface area contributed by atoms with Gasteiger partial charge >= 0.3 is 0 Å². The molecule has 0 saturated heterocycles. The van der Waals surface area contributed by atoms with Crippen molar-refractivity contribution >= 4 is 17.5 Å². The molecule has 0 radical (unpaired) electrons. The van der Waals surface area contributed by atoms with E-state index < -0.39 is 0 Å². The summed E-state index contributed by atoms with van der Waals surface area (Å²) in [5, 5.41) is 3.66. The number of halogens is 1. The molecule has 0 aliphatic rings. The molecule has 0 saturated carbocycles. The fourth-order valence-electron chi connectivity index (χ4n) is 2.06. The Morgan fingerprint density at radius 1 is 1.15 bits per heavy atom.